The molecule has 0 saturated heterocycles. The fourth-order valence-electron chi connectivity index (χ4n) is 1.25. The highest BCUT2D eigenvalue weighted by Crippen LogP contribution is 2.20. The quantitative estimate of drug-likeness (QED) is 0.804. The van der Waals surface area contributed by atoms with Crippen LogP contribution < -0.4 is 5.32 Å². The summed E-state index contributed by atoms with van der Waals surface area (Å²) < 4.78 is 1.03. The number of nitrogens with zero attached hydrogens (tertiary/aromatic N) is 1. The van der Waals surface area contributed by atoms with E-state index in [1.54, 1.807) is 24.1 Å². The lowest BCUT2D eigenvalue weighted by atomic mass is 10.2. The van der Waals surface area contributed by atoms with Crippen molar-refractivity contribution in [1.82, 2.24) is 10.2 Å². The molecule has 1 aromatic rings. The first-order chi connectivity index (χ1) is 7.56. The number of amides is 1. The standard InChI is InChI=1S/C11H14ClIN2O.ClH/c1-14-5-6-15(2)11(16)9-4-3-8(13)7-10(9)12;/h3-4,7,14H,5-6H2,1-2H3;1H. The second-order valence-electron chi connectivity index (χ2n) is 3.45. The van der Waals surface area contributed by atoms with Crippen molar-refractivity contribution in [3.05, 3.63) is 32.4 Å². The van der Waals surface area contributed by atoms with Gasteiger partial charge in [-0.25, -0.2) is 0 Å². The van der Waals surface area contributed by atoms with Crippen LogP contribution in [0.4, 0.5) is 0 Å². The fraction of sp³-hybridized carbons (Fsp3) is 0.364. The molecular formula is C11H15Cl2IN2O. The number of rotatable bonds is 4. The van der Waals surface area contributed by atoms with Gasteiger partial charge in [-0.05, 0) is 47.8 Å². The third kappa shape index (κ3) is 4.99. The molecule has 0 aliphatic carbocycles. The third-order valence-corrected chi connectivity index (χ3v) is 3.19. The predicted octanol–water partition coefficient (Wildman–Crippen LogP) is 2.66. The van der Waals surface area contributed by atoms with Gasteiger partial charge in [0.1, 0.15) is 0 Å². The summed E-state index contributed by atoms with van der Waals surface area (Å²) in [5, 5.41) is 3.51. The highest BCUT2D eigenvalue weighted by Gasteiger charge is 2.14. The van der Waals surface area contributed by atoms with Crippen molar-refractivity contribution in [3.63, 3.8) is 0 Å². The SMILES string of the molecule is CNCCN(C)C(=O)c1ccc(I)cc1Cl.Cl. The summed E-state index contributed by atoms with van der Waals surface area (Å²) in [5.41, 5.74) is 0.556. The molecule has 0 aliphatic heterocycles. The molecule has 0 spiro atoms. The lowest BCUT2D eigenvalue weighted by molar-refractivity contribution is 0.0797. The van der Waals surface area contributed by atoms with Crippen LogP contribution in [-0.4, -0.2) is 38.0 Å². The van der Waals surface area contributed by atoms with Gasteiger partial charge in [-0.15, -0.1) is 12.4 Å². The van der Waals surface area contributed by atoms with Gasteiger partial charge in [-0.3, -0.25) is 4.79 Å². The number of hydrogen-bond donors (Lipinski definition) is 1. The zero-order chi connectivity index (χ0) is 12.1. The Morgan fingerprint density at radius 3 is 2.71 bits per heavy atom. The molecule has 0 aliphatic rings. The lowest BCUT2D eigenvalue weighted by Gasteiger charge is -2.17. The first-order valence-corrected chi connectivity index (χ1v) is 6.37. The molecule has 1 N–H and O–H groups in total. The smallest absolute Gasteiger partial charge is 0.255 e. The van der Waals surface area contributed by atoms with E-state index in [0.717, 1.165) is 10.1 Å². The lowest BCUT2D eigenvalue weighted by Crippen LogP contribution is -2.32. The molecule has 0 radical (unpaired) electrons. The second-order valence-corrected chi connectivity index (χ2v) is 5.11. The molecule has 1 aromatic carbocycles. The maximum atomic E-state index is 12.0. The average molecular weight is 389 g/mol. The van der Waals surface area contributed by atoms with Crippen molar-refractivity contribution in [3.8, 4) is 0 Å². The molecular weight excluding hydrogens is 374 g/mol. The van der Waals surface area contributed by atoms with E-state index in [0.29, 0.717) is 17.1 Å². The summed E-state index contributed by atoms with van der Waals surface area (Å²) in [6.45, 7) is 1.43. The Morgan fingerprint density at radius 2 is 2.18 bits per heavy atom. The highest BCUT2D eigenvalue weighted by atomic mass is 127. The van der Waals surface area contributed by atoms with Crippen LogP contribution in [0.2, 0.25) is 5.02 Å². The molecule has 0 aromatic heterocycles. The largest absolute Gasteiger partial charge is 0.340 e. The van der Waals surface area contributed by atoms with Gasteiger partial charge in [0.15, 0.2) is 0 Å². The van der Waals surface area contributed by atoms with Gasteiger partial charge in [-0.2, -0.15) is 0 Å². The number of nitrogens with one attached hydrogen (secondary N) is 1. The molecule has 0 heterocycles. The van der Waals surface area contributed by atoms with Crippen LogP contribution in [0.3, 0.4) is 0 Å². The number of carbonyl (C=O) groups excluding carboxylic acids is 1. The van der Waals surface area contributed by atoms with Gasteiger partial charge in [0.2, 0.25) is 0 Å². The van der Waals surface area contributed by atoms with Gasteiger partial charge in [0.05, 0.1) is 10.6 Å². The zero-order valence-electron chi connectivity index (χ0n) is 9.67. The summed E-state index contributed by atoms with van der Waals surface area (Å²) >= 11 is 8.20. The van der Waals surface area contributed by atoms with Crippen molar-refractivity contribution < 1.29 is 4.79 Å². The molecule has 1 amide bonds. The minimum Gasteiger partial charge on any atom is -0.340 e. The molecule has 0 fully saturated rings. The number of carbonyl (C=O) groups is 1. The maximum absolute atomic E-state index is 12.0. The number of hydrogen-bond acceptors (Lipinski definition) is 2. The Bertz CT molecular complexity index is 388. The first-order valence-electron chi connectivity index (χ1n) is 4.91. The molecule has 0 unspecified atom stereocenters. The molecule has 1 rings (SSSR count). The predicted molar refractivity (Wildman–Crippen MR) is 82.3 cm³/mol. The van der Waals surface area contributed by atoms with Crippen molar-refractivity contribution in [2.24, 2.45) is 0 Å². The normalized spacial score (nSPS) is 9.65. The van der Waals surface area contributed by atoms with Gasteiger partial charge in [0, 0.05) is 23.7 Å². The zero-order valence-corrected chi connectivity index (χ0v) is 13.4. The molecule has 6 heteroatoms. The molecule has 0 saturated carbocycles. The van der Waals surface area contributed by atoms with E-state index in [4.69, 9.17) is 11.6 Å². The molecule has 3 nitrogen and oxygen atoms in total. The van der Waals surface area contributed by atoms with E-state index in [2.05, 4.69) is 27.9 Å². The average Bonchev–Trinajstić information content (AvgIpc) is 2.25. The Kier molecular flexibility index (Phi) is 8.11. The number of likely N-dealkylation sites (N-methyl/N-ethyl adjacent to an activating group) is 2. The van der Waals surface area contributed by atoms with Crippen LogP contribution in [0, 0.1) is 3.57 Å². The number of benzene rings is 1. The fourth-order valence-corrected chi connectivity index (χ4v) is 2.19. The third-order valence-electron chi connectivity index (χ3n) is 2.21. The van der Waals surface area contributed by atoms with Gasteiger partial charge in [0.25, 0.3) is 5.91 Å². The van der Waals surface area contributed by atoms with E-state index in [1.165, 1.54) is 0 Å². The van der Waals surface area contributed by atoms with Crippen molar-refractivity contribution in [2.75, 3.05) is 27.2 Å². The summed E-state index contributed by atoms with van der Waals surface area (Å²) in [7, 11) is 3.63. The van der Waals surface area contributed by atoms with E-state index in [9.17, 15) is 4.79 Å². The minimum atomic E-state index is -0.0448. The summed E-state index contributed by atoms with van der Waals surface area (Å²) in [5.74, 6) is -0.0448. The van der Waals surface area contributed by atoms with E-state index in [1.807, 2.05) is 13.1 Å². The highest BCUT2D eigenvalue weighted by molar-refractivity contribution is 14.1. The van der Waals surface area contributed by atoms with E-state index in [-0.39, 0.29) is 18.3 Å². The van der Waals surface area contributed by atoms with Crippen molar-refractivity contribution in [2.45, 2.75) is 0 Å². The van der Waals surface area contributed by atoms with E-state index < -0.39 is 0 Å². The van der Waals surface area contributed by atoms with Crippen molar-refractivity contribution in [1.29, 1.82) is 0 Å². The van der Waals surface area contributed by atoms with Crippen LogP contribution in [0.15, 0.2) is 18.2 Å². The molecule has 17 heavy (non-hydrogen) atoms. The van der Waals surface area contributed by atoms with Gasteiger partial charge in [-0.1, -0.05) is 11.6 Å². The molecule has 0 atom stereocenters. The Hall–Kier alpha value is -0.0400. The number of halogens is 3. The van der Waals surface area contributed by atoms with Crippen LogP contribution in [0.1, 0.15) is 10.4 Å². The van der Waals surface area contributed by atoms with E-state index >= 15 is 0 Å². The Balaban J connectivity index is 0.00000256. The summed E-state index contributed by atoms with van der Waals surface area (Å²) in [6.07, 6.45) is 0. The van der Waals surface area contributed by atoms with Crippen LogP contribution in [0.25, 0.3) is 0 Å². The topological polar surface area (TPSA) is 32.3 Å². The Morgan fingerprint density at radius 1 is 1.53 bits per heavy atom. The van der Waals surface area contributed by atoms with Crippen LogP contribution in [-0.2, 0) is 0 Å². The second kappa shape index (κ2) is 8.13. The molecule has 0 bridgehead atoms. The first kappa shape index (κ1) is 17.0. The van der Waals surface area contributed by atoms with Crippen LogP contribution in [0.5, 0.6) is 0 Å². The van der Waals surface area contributed by atoms with Gasteiger partial charge >= 0.3 is 0 Å². The maximum Gasteiger partial charge on any atom is 0.255 e. The minimum absolute atomic E-state index is 0. The summed E-state index contributed by atoms with van der Waals surface area (Å²) in [4.78, 5) is 13.7. The van der Waals surface area contributed by atoms with Gasteiger partial charge < -0.3 is 10.2 Å². The van der Waals surface area contributed by atoms with Crippen LogP contribution >= 0.6 is 46.6 Å². The van der Waals surface area contributed by atoms with Crippen molar-refractivity contribution >= 4 is 52.5 Å². The monoisotopic (exact) mass is 388 g/mol. The summed E-state index contributed by atoms with van der Waals surface area (Å²) in [6, 6.07) is 5.44. The molecule has 96 valence electrons. The Labute approximate surface area is 126 Å².